The largest absolute Gasteiger partial charge is 0.455 e. The fourth-order valence-electron chi connectivity index (χ4n) is 8.70. The van der Waals surface area contributed by atoms with Crippen LogP contribution in [0.1, 0.15) is 1.37 Å². The van der Waals surface area contributed by atoms with E-state index in [9.17, 15) is 0 Å². The highest BCUT2D eigenvalue weighted by Crippen LogP contribution is 2.49. The molecule has 0 spiro atoms. The van der Waals surface area contributed by atoms with Crippen molar-refractivity contribution in [2.24, 2.45) is 0 Å². The van der Waals surface area contributed by atoms with E-state index >= 15 is 0 Å². The molecule has 0 radical (unpaired) electrons. The Kier molecular flexibility index (Phi) is 7.00. The molecule has 1 heterocycles. The van der Waals surface area contributed by atoms with Gasteiger partial charge in [-0.15, -0.1) is 0 Å². The summed E-state index contributed by atoms with van der Waals surface area (Å²) in [5.74, 6) is 0. The molecule has 0 atom stereocenters. The van der Waals surface area contributed by atoms with E-state index < -0.39 is 0 Å². The topological polar surface area (TPSA) is 13.1 Å². The van der Waals surface area contributed by atoms with Crippen molar-refractivity contribution in [3.8, 4) is 55.6 Å². The van der Waals surface area contributed by atoms with Gasteiger partial charge in [0, 0.05) is 16.3 Å². The smallest absolute Gasteiger partial charge is 0.143 e. The number of benzene rings is 10. The van der Waals surface area contributed by atoms with E-state index in [0.29, 0.717) is 6.04 Å². The quantitative estimate of drug-likeness (QED) is 0.163. The van der Waals surface area contributed by atoms with Crippen molar-refractivity contribution < 1.29 is 5.79 Å². The molecular weight excluding hydrogens is 665 g/mol. The summed E-state index contributed by atoms with van der Waals surface area (Å²) in [6, 6.07) is 71.9. The molecule has 0 amide bonds. The second-order valence-electron chi connectivity index (χ2n) is 14.3. The lowest BCUT2D eigenvalue weighted by molar-refractivity contribution is 0.670. The van der Waals surface area contributed by atoms with Crippen LogP contribution in [0.5, 0.6) is 0 Å². The van der Waals surface area contributed by atoms with Gasteiger partial charge in [0.1, 0.15) is 11.2 Å². The van der Waals surface area contributed by atoms with Gasteiger partial charge in [-0.3, -0.25) is 0 Å². The van der Waals surface area contributed by atoms with Gasteiger partial charge in [-0.05, 0) is 101 Å². The van der Waals surface area contributed by atoms with Crippen molar-refractivity contribution in [2.75, 3.05) is 0 Å². The van der Waals surface area contributed by atoms with Gasteiger partial charge in [-0.25, -0.2) is 0 Å². The number of fused-ring (bicyclic) bond motifs is 6. The summed E-state index contributed by atoms with van der Waals surface area (Å²) in [6.07, 6.45) is 0. The molecule has 0 aliphatic rings. The molecule has 0 fully saturated rings. The summed E-state index contributed by atoms with van der Waals surface area (Å²) < 4.78 is 14.7. The van der Waals surface area contributed by atoms with E-state index in [-0.39, 0.29) is 0 Å². The van der Waals surface area contributed by atoms with Crippen molar-refractivity contribution in [1.82, 2.24) is 0 Å². The Labute approximate surface area is 320 Å². The Bertz CT molecular complexity index is 3240. The summed E-state index contributed by atoms with van der Waals surface area (Å²) in [7, 11) is 0. The van der Waals surface area contributed by atoms with Crippen LogP contribution in [0.4, 0.5) is 0 Å². The van der Waals surface area contributed by atoms with Crippen molar-refractivity contribution in [3.05, 3.63) is 206 Å². The zero-order valence-corrected chi connectivity index (χ0v) is 30.0. The zero-order chi connectivity index (χ0) is 37.2. The molecule has 1 heteroatoms. The van der Waals surface area contributed by atoms with Crippen LogP contribution in [-0.4, -0.2) is 0 Å². The monoisotopic (exact) mass is 699 g/mol. The highest BCUT2D eigenvalue weighted by molar-refractivity contribution is 6.24. The second-order valence-corrected chi connectivity index (χ2v) is 14.3. The van der Waals surface area contributed by atoms with Gasteiger partial charge in [0.15, 0.2) is 0 Å². The Hall–Kier alpha value is -7.22. The SMILES string of the molecule is [2H]c1ccc2cc(-c3ccc(-c4c5ccccc5c(-c5ccccc5-c5ccc(-c6ccccc6)c6oc7ccccc7c56)c5ccccc45)cc3)ccc2c1. The van der Waals surface area contributed by atoms with Crippen LogP contribution in [0.2, 0.25) is 0 Å². The normalized spacial score (nSPS) is 11.9. The fourth-order valence-corrected chi connectivity index (χ4v) is 8.70. The lowest BCUT2D eigenvalue weighted by Crippen LogP contribution is -1.93. The Balaban J connectivity index is 1.12. The van der Waals surface area contributed by atoms with Crippen molar-refractivity contribution in [1.29, 1.82) is 0 Å². The van der Waals surface area contributed by atoms with Crippen LogP contribution in [0.3, 0.4) is 0 Å². The van der Waals surface area contributed by atoms with Crippen LogP contribution >= 0.6 is 0 Å². The van der Waals surface area contributed by atoms with E-state index in [1.54, 1.807) is 0 Å². The van der Waals surface area contributed by atoms with E-state index in [1.807, 2.05) is 24.3 Å². The first kappa shape index (κ1) is 30.3. The first-order chi connectivity index (χ1) is 27.7. The van der Waals surface area contributed by atoms with E-state index in [4.69, 9.17) is 5.79 Å². The minimum atomic E-state index is 0.532. The average molecular weight is 700 g/mol. The maximum absolute atomic E-state index is 8.01. The molecule has 1 nitrogen and oxygen atoms in total. The molecule has 11 aromatic rings. The summed E-state index contributed by atoms with van der Waals surface area (Å²) in [5.41, 5.74) is 13.5. The molecule has 11 rings (SSSR count). The van der Waals surface area contributed by atoms with Gasteiger partial charge in [-0.1, -0.05) is 188 Å². The minimum Gasteiger partial charge on any atom is -0.455 e. The van der Waals surface area contributed by atoms with Crippen LogP contribution in [0.15, 0.2) is 211 Å². The van der Waals surface area contributed by atoms with E-state index in [0.717, 1.165) is 49.4 Å². The molecule has 0 aliphatic heterocycles. The van der Waals surface area contributed by atoms with Crippen molar-refractivity contribution in [3.63, 3.8) is 0 Å². The predicted molar refractivity (Wildman–Crippen MR) is 233 cm³/mol. The minimum absolute atomic E-state index is 0.532. The van der Waals surface area contributed by atoms with Crippen LogP contribution in [0.25, 0.3) is 110 Å². The number of furan rings is 1. The van der Waals surface area contributed by atoms with Gasteiger partial charge in [0.05, 0.1) is 1.37 Å². The molecule has 0 saturated carbocycles. The molecule has 256 valence electrons. The number of hydrogen-bond acceptors (Lipinski definition) is 1. The van der Waals surface area contributed by atoms with Crippen LogP contribution in [0, 0.1) is 0 Å². The number of para-hydroxylation sites is 1. The summed E-state index contributed by atoms with van der Waals surface area (Å²) in [5, 5.41) is 9.36. The molecule has 10 aromatic carbocycles. The van der Waals surface area contributed by atoms with Crippen LogP contribution < -0.4 is 0 Å². The van der Waals surface area contributed by atoms with Gasteiger partial charge >= 0.3 is 0 Å². The summed E-state index contributed by atoms with van der Waals surface area (Å²) in [6.45, 7) is 0. The Morgan fingerprint density at radius 2 is 0.909 bits per heavy atom. The molecule has 0 aliphatic carbocycles. The third-order valence-electron chi connectivity index (χ3n) is 11.2. The average Bonchev–Trinajstić information content (AvgIpc) is 3.65. The molecule has 0 unspecified atom stereocenters. The predicted octanol–water partition coefficient (Wildman–Crippen LogP) is 15.4. The van der Waals surface area contributed by atoms with Crippen molar-refractivity contribution in [2.45, 2.75) is 0 Å². The first-order valence-electron chi connectivity index (χ1n) is 19.3. The molecular formula is C54H34O. The summed E-state index contributed by atoms with van der Waals surface area (Å²) >= 11 is 0. The van der Waals surface area contributed by atoms with Gasteiger partial charge in [0.25, 0.3) is 0 Å². The molecule has 0 saturated heterocycles. The highest BCUT2D eigenvalue weighted by Gasteiger charge is 2.22. The van der Waals surface area contributed by atoms with Gasteiger partial charge < -0.3 is 4.42 Å². The summed E-state index contributed by atoms with van der Waals surface area (Å²) in [4.78, 5) is 0. The maximum Gasteiger partial charge on any atom is 0.143 e. The molecule has 0 bridgehead atoms. The van der Waals surface area contributed by atoms with Gasteiger partial charge in [0.2, 0.25) is 0 Å². The first-order valence-corrected chi connectivity index (χ1v) is 18.8. The zero-order valence-electron chi connectivity index (χ0n) is 31.0. The lowest BCUT2D eigenvalue weighted by Gasteiger charge is -2.20. The van der Waals surface area contributed by atoms with E-state index in [1.165, 1.54) is 60.5 Å². The lowest BCUT2D eigenvalue weighted by atomic mass is 9.83. The van der Waals surface area contributed by atoms with E-state index in [2.05, 4.69) is 176 Å². The van der Waals surface area contributed by atoms with Crippen molar-refractivity contribution >= 4 is 54.3 Å². The second kappa shape index (κ2) is 12.7. The molecule has 55 heavy (non-hydrogen) atoms. The third-order valence-corrected chi connectivity index (χ3v) is 11.2. The fraction of sp³-hybridized carbons (Fsp3) is 0. The molecule has 0 N–H and O–H groups in total. The van der Waals surface area contributed by atoms with Gasteiger partial charge in [-0.2, -0.15) is 0 Å². The number of hydrogen-bond donors (Lipinski definition) is 0. The third kappa shape index (κ3) is 5.09. The highest BCUT2D eigenvalue weighted by atomic mass is 16.3. The molecule has 1 aromatic heterocycles. The maximum atomic E-state index is 8.01. The van der Waals surface area contributed by atoms with Crippen LogP contribution in [-0.2, 0) is 0 Å². The number of rotatable bonds is 5. The Morgan fingerprint density at radius 1 is 0.327 bits per heavy atom. The Morgan fingerprint density at radius 3 is 1.65 bits per heavy atom. The standard InChI is InChI=1S/C54H34O/c1-2-15-37(16-3-1)41-32-33-48(53-49-24-12-13-25-50(49)55-54(41)53)42-18-6-7-19-43(42)52-46-22-10-8-20-44(46)51(45-21-9-11-23-47(45)52)38-29-26-36(27-30-38)40-31-28-35-14-4-5-17-39(35)34-40/h1-34H/i4D.